The average Bonchev–Trinajstić information content (AvgIpc) is 3.19. The van der Waals surface area contributed by atoms with Crippen LogP contribution in [0.5, 0.6) is 5.88 Å². The summed E-state index contributed by atoms with van der Waals surface area (Å²) < 4.78 is 10.4. The van der Waals surface area contributed by atoms with Crippen molar-refractivity contribution in [2.75, 3.05) is 32.1 Å². The second kappa shape index (κ2) is 12.9. The normalized spacial score (nSPS) is 19.8. The first kappa shape index (κ1) is 26.9. The van der Waals surface area contributed by atoms with Gasteiger partial charge in [-0.25, -0.2) is 9.97 Å². The number of nitrogens with zero attached hydrogens (tertiary/aromatic N) is 3. The van der Waals surface area contributed by atoms with E-state index in [1.54, 1.807) is 13.3 Å². The molecular weight excluding hydrogens is 470 g/mol. The fraction of sp³-hybridized carbons (Fsp3) is 0.571. The number of methoxy groups -OCH3 is 1. The van der Waals surface area contributed by atoms with Crippen molar-refractivity contribution in [3.63, 3.8) is 0 Å². The van der Waals surface area contributed by atoms with Gasteiger partial charge >= 0.3 is 5.97 Å². The summed E-state index contributed by atoms with van der Waals surface area (Å²) in [6.07, 6.45) is 6.57. The van der Waals surface area contributed by atoms with E-state index >= 15 is 0 Å². The molecule has 1 amide bonds. The molecule has 0 bridgehead atoms. The van der Waals surface area contributed by atoms with E-state index in [-0.39, 0.29) is 36.3 Å². The van der Waals surface area contributed by atoms with Gasteiger partial charge in [0, 0.05) is 37.9 Å². The first-order valence-corrected chi connectivity index (χ1v) is 13.4. The van der Waals surface area contributed by atoms with E-state index < -0.39 is 0 Å². The van der Waals surface area contributed by atoms with E-state index in [1.165, 1.54) is 5.56 Å². The van der Waals surface area contributed by atoms with Gasteiger partial charge in [-0.05, 0) is 69.1 Å². The lowest BCUT2D eigenvalue weighted by Crippen LogP contribution is -2.39. The summed E-state index contributed by atoms with van der Waals surface area (Å²) in [7, 11) is 1.58. The lowest BCUT2D eigenvalue weighted by molar-refractivity contribution is -0.143. The number of anilines is 1. The highest BCUT2D eigenvalue weighted by Crippen LogP contribution is 2.28. The van der Waals surface area contributed by atoms with Gasteiger partial charge in [0.1, 0.15) is 5.82 Å². The highest BCUT2D eigenvalue weighted by molar-refractivity contribution is 5.84. The number of carbonyl (C=O) groups excluding carboxylic acids is 2. The zero-order chi connectivity index (χ0) is 26.2. The fourth-order valence-electron chi connectivity index (χ4n) is 5.25. The molecule has 0 aliphatic carbocycles. The molecular formula is C28H39N5O4. The van der Waals surface area contributed by atoms with E-state index in [0.717, 1.165) is 55.7 Å². The van der Waals surface area contributed by atoms with Crippen molar-refractivity contribution >= 4 is 17.7 Å². The third-order valence-electron chi connectivity index (χ3n) is 7.28. The van der Waals surface area contributed by atoms with Gasteiger partial charge in [0.15, 0.2) is 0 Å². The van der Waals surface area contributed by atoms with Gasteiger partial charge in [-0.15, -0.1) is 0 Å². The Kier molecular flexibility index (Phi) is 9.33. The van der Waals surface area contributed by atoms with E-state index in [2.05, 4.69) is 34.7 Å². The van der Waals surface area contributed by atoms with Crippen LogP contribution in [0.25, 0.3) is 0 Å². The molecule has 0 spiro atoms. The van der Waals surface area contributed by atoms with Crippen molar-refractivity contribution in [2.24, 2.45) is 0 Å². The van der Waals surface area contributed by atoms with E-state index in [0.29, 0.717) is 25.6 Å². The summed E-state index contributed by atoms with van der Waals surface area (Å²) in [5.74, 6) is 1.40. The number of rotatable bonds is 12. The summed E-state index contributed by atoms with van der Waals surface area (Å²) in [6, 6.07) is 7.91. The number of hydrogen-bond donors (Lipinski definition) is 2. The number of nitrogens with one attached hydrogen (secondary N) is 2. The number of fused-ring (bicyclic) bond motifs is 1. The highest BCUT2D eigenvalue weighted by Gasteiger charge is 2.36. The van der Waals surface area contributed by atoms with Crippen molar-refractivity contribution < 1.29 is 19.1 Å². The quantitative estimate of drug-likeness (QED) is 0.419. The van der Waals surface area contributed by atoms with Crippen LogP contribution in [0.3, 0.4) is 0 Å². The smallest absolute Gasteiger partial charge is 0.306 e. The van der Waals surface area contributed by atoms with Crippen molar-refractivity contribution in [3.05, 3.63) is 47.3 Å². The van der Waals surface area contributed by atoms with Crippen LogP contribution in [-0.2, 0) is 27.3 Å². The molecule has 200 valence electrons. The molecule has 9 nitrogen and oxygen atoms in total. The number of carbonyl (C=O) groups is 2. The van der Waals surface area contributed by atoms with Crippen molar-refractivity contribution in [2.45, 2.75) is 76.9 Å². The molecule has 0 saturated carbocycles. The summed E-state index contributed by atoms with van der Waals surface area (Å²) in [5, 5.41) is 6.80. The molecule has 0 radical (unpaired) electrons. The Labute approximate surface area is 219 Å². The molecule has 3 unspecified atom stereocenters. The molecule has 1 fully saturated rings. The Morgan fingerprint density at radius 2 is 2.16 bits per heavy atom. The molecule has 9 heteroatoms. The van der Waals surface area contributed by atoms with Gasteiger partial charge in [-0.3, -0.25) is 9.59 Å². The maximum absolute atomic E-state index is 13.2. The minimum Gasteiger partial charge on any atom is -0.481 e. The molecule has 3 atom stereocenters. The number of esters is 1. The maximum Gasteiger partial charge on any atom is 0.306 e. The molecule has 1 saturated heterocycles. The Morgan fingerprint density at radius 3 is 2.92 bits per heavy atom. The second-order valence-electron chi connectivity index (χ2n) is 9.87. The van der Waals surface area contributed by atoms with Crippen LogP contribution < -0.4 is 15.4 Å². The second-order valence-corrected chi connectivity index (χ2v) is 9.87. The van der Waals surface area contributed by atoms with Crippen LogP contribution in [-0.4, -0.2) is 65.6 Å². The molecule has 4 rings (SSSR count). The molecule has 4 heterocycles. The highest BCUT2D eigenvalue weighted by atomic mass is 16.5. The van der Waals surface area contributed by atoms with E-state index in [1.807, 2.05) is 24.0 Å². The van der Waals surface area contributed by atoms with Crippen LogP contribution in [0.15, 0.2) is 30.5 Å². The Balaban J connectivity index is 1.30. The number of ether oxygens (including phenoxy) is 2. The standard InChI is InChI=1S/C28H39N5O4/c1-4-37-26(34)16-21(22-10-12-25(36-3)31-17-22)8-6-14-33-19(2)15-24(28(33)35)30-18-23-11-9-20-7-5-13-29-27(20)32-23/h9-12,17,19,21,24,30H,4-8,13-16,18H2,1-3H3,(H,29,32). The zero-order valence-electron chi connectivity index (χ0n) is 22.2. The van der Waals surface area contributed by atoms with Crippen LogP contribution in [0, 0.1) is 0 Å². The molecule has 2 N–H and O–H groups in total. The van der Waals surface area contributed by atoms with Crippen LogP contribution in [0.2, 0.25) is 0 Å². The zero-order valence-corrected chi connectivity index (χ0v) is 22.2. The Hall–Kier alpha value is -3.20. The van der Waals surface area contributed by atoms with Gasteiger partial charge in [0.25, 0.3) is 0 Å². The molecule has 0 aromatic carbocycles. The SMILES string of the molecule is CCOC(=O)CC(CCCN1C(=O)C(NCc2ccc3c(n2)NCCC3)CC1C)c1ccc(OC)nc1. The molecule has 2 aromatic heterocycles. The van der Waals surface area contributed by atoms with Crippen LogP contribution in [0.1, 0.15) is 68.7 Å². The molecule has 2 aliphatic rings. The number of aromatic nitrogens is 2. The fourth-order valence-corrected chi connectivity index (χ4v) is 5.25. The number of pyridine rings is 2. The molecule has 37 heavy (non-hydrogen) atoms. The topological polar surface area (TPSA) is 106 Å². The van der Waals surface area contributed by atoms with Gasteiger partial charge in [-0.2, -0.15) is 0 Å². The lowest BCUT2D eigenvalue weighted by atomic mass is 9.92. The van der Waals surface area contributed by atoms with Gasteiger partial charge in [0.2, 0.25) is 11.8 Å². The predicted octanol–water partition coefficient (Wildman–Crippen LogP) is 3.44. The van der Waals surface area contributed by atoms with Crippen molar-refractivity contribution in [1.29, 1.82) is 0 Å². The lowest BCUT2D eigenvalue weighted by Gasteiger charge is -2.23. The number of amides is 1. The summed E-state index contributed by atoms with van der Waals surface area (Å²) >= 11 is 0. The van der Waals surface area contributed by atoms with E-state index in [4.69, 9.17) is 14.5 Å². The largest absolute Gasteiger partial charge is 0.481 e. The summed E-state index contributed by atoms with van der Waals surface area (Å²) in [6.45, 7) is 6.45. The van der Waals surface area contributed by atoms with Gasteiger partial charge < -0.3 is 25.0 Å². The minimum absolute atomic E-state index is 0.0249. The maximum atomic E-state index is 13.2. The Morgan fingerprint density at radius 1 is 1.30 bits per heavy atom. The van der Waals surface area contributed by atoms with E-state index in [9.17, 15) is 9.59 Å². The number of likely N-dealkylation sites (tertiary alicyclic amines) is 1. The predicted molar refractivity (Wildman–Crippen MR) is 141 cm³/mol. The summed E-state index contributed by atoms with van der Waals surface area (Å²) in [4.78, 5) is 36.4. The van der Waals surface area contributed by atoms with Crippen LogP contribution >= 0.6 is 0 Å². The van der Waals surface area contributed by atoms with Crippen LogP contribution in [0.4, 0.5) is 5.82 Å². The molecule has 2 aliphatic heterocycles. The monoisotopic (exact) mass is 509 g/mol. The molecule has 2 aromatic rings. The number of aryl methyl sites for hydroxylation is 1. The third kappa shape index (κ3) is 6.97. The summed E-state index contributed by atoms with van der Waals surface area (Å²) in [5.41, 5.74) is 3.18. The number of hydrogen-bond acceptors (Lipinski definition) is 8. The van der Waals surface area contributed by atoms with Gasteiger partial charge in [0.05, 0.1) is 31.9 Å². The first-order chi connectivity index (χ1) is 18.0. The minimum atomic E-state index is -0.218. The Bertz CT molecular complexity index is 1060. The first-order valence-electron chi connectivity index (χ1n) is 13.4. The average molecular weight is 510 g/mol. The van der Waals surface area contributed by atoms with Crippen molar-refractivity contribution in [3.8, 4) is 5.88 Å². The third-order valence-corrected chi connectivity index (χ3v) is 7.28. The van der Waals surface area contributed by atoms with Gasteiger partial charge in [-0.1, -0.05) is 12.1 Å². The van der Waals surface area contributed by atoms with Crippen molar-refractivity contribution in [1.82, 2.24) is 20.2 Å².